The van der Waals surface area contributed by atoms with Crippen LogP contribution in [0.2, 0.25) is 0 Å². The molecule has 1 aliphatic heterocycles. The molecule has 0 amide bonds. The Kier molecular flexibility index (Phi) is 5.18. The molecule has 1 aliphatic rings. The lowest BCUT2D eigenvalue weighted by atomic mass is 10.1. The van der Waals surface area contributed by atoms with E-state index < -0.39 is 0 Å². The average molecular weight is 367 g/mol. The number of anilines is 1. The van der Waals surface area contributed by atoms with Crippen LogP contribution in [0.3, 0.4) is 0 Å². The molecule has 1 aromatic carbocycles. The van der Waals surface area contributed by atoms with E-state index in [4.69, 9.17) is 9.97 Å². The molecular weight excluding hydrogens is 340 g/mol. The molecule has 1 fully saturated rings. The highest BCUT2D eigenvalue weighted by atomic mass is 32.1. The van der Waals surface area contributed by atoms with Crippen molar-refractivity contribution in [3.63, 3.8) is 0 Å². The zero-order valence-electron chi connectivity index (χ0n) is 15.6. The number of nitrogens with zero attached hydrogens (tertiary/aromatic N) is 4. The van der Waals surface area contributed by atoms with Gasteiger partial charge in [-0.05, 0) is 24.6 Å². The number of aryl methyl sites for hydroxylation is 1. The van der Waals surface area contributed by atoms with Gasteiger partial charge in [0.25, 0.3) is 0 Å². The maximum absolute atomic E-state index is 5.02. The first-order valence-corrected chi connectivity index (χ1v) is 10.4. The fraction of sp³-hybridized carbons (Fsp3) is 0.429. The second-order valence-electron chi connectivity index (χ2n) is 6.83. The van der Waals surface area contributed by atoms with Crippen LogP contribution in [0, 0.1) is 0 Å². The van der Waals surface area contributed by atoms with Gasteiger partial charge in [0.15, 0.2) is 0 Å². The summed E-state index contributed by atoms with van der Waals surface area (Å²) in [5, 5.41) is 1.23. The maximum Gasteiger partial charge on any atom is 0.141 e. The third-order valence-electron chi connectivity index (χ3n) is 5.14. The predicted molar refractivity (Wildman–Crippen MR) is 110 cm³/mol. The molecule has 3 heterocycles. The molecule has 0 radical (unpaired) electrons. The van der Waals surface area contributed by atoms with Crippen LogP contribution in [0.5, 0.6) is 0 Å². The molecule has 0 unspecified atom stereocenters. The molecule has 3 aromatic rings. The first-order valence-electron chi connectivity index (χ1n) is 9.57. The van der Waals surface area contributed by atoms with Crippen LogP contribution in [0.1, 0.15) is 30.1 Å². The minimum atomic E-state index is 0.790. The largest absolute Gasteiger partial charge is 0.353 e. The summed E-state index contributed by atoms with van der Waals surface area (Å²) in [5.41, 5.74) is 1.26. The molecule has 26 heavy (non-hydrogen) atoms. The number of thiophene rings is 1. The summed E-state index contributed by atoms with van der Waals surface area (Å²) >= 11 is 1.82. The summed E-state index contributed by atoms with van der Waals surface area (Å²) in [6.45, 7) is 9.89. The van der Waals surface area contributed by atoms with Gasteiger partial charge in [-0.15, -0.1) is 11.3 Å². The Morgan fingerprint density at radius 1 is 1.00 bits per heavy atom. The molecule has 4 rings (SSSR count). The first-order chi connectivity index (χ1) is 12.8. The molecule has 0 spiro atoms. The number of piperazine rings is 1. The third-order valence-corrected chi connectivity index (χ3v) is 6.32. The predicted octanol–water partition coefficient (Wildman–Crippen LogP) is 3.99. The van der Waals surface area contributed by atoms with Crippen molar-refractivity contribution in [2.45, 2.75) is 26.7 Å². The fourth-order valence-electron chi connectivity index (χ4n) is 3.55. The van der Waals surface area contributed by atoms with Crippen molar-refractivity contribution in [3.8, 4) is 0 Å². The lowest BCUT2D eigenvalue weighted by Gasteiger charge is -2.35. The Bertz CT molecular complexity index is 866. The quantitative estimate of drug-likeness (QED) is 0.683. The summed E-state index contributed by atoms with van der Waals surface area (Å²) in [7, 11) is 0. The first kappa shape index (κ1) is 17.4. The highest BCUT2D eigenvalue weighted by Crippen LogP contribution is 2.32. The van der Waals surface area contributed by atoms with Gasteiger partial charge < -0.3 is 9.80 Å². The van der Waals surface area contributed by atoms with Crippen molar-refractivity contribution < 1.29 is 0 Å². The Balaban J connectivity index is 1.70. The van der Waals surface area contributed by atoms with E-state index >= 15 is 0 Å². The zero-order chi connectivity index (χ0) is 17.9. The van der Waals surface area contributed by atoms with Crippen LogP contribution in [0.15, 0.2) is 36.4 Å². The van der Waals surface area contributed by atoms with Gasteiger partial charge in [-0.3, -0.25) is 0 Å². The topological polar surface area (TPSA) is 32.3 Å². The summed E-state index contributed by atoms with van der Waals surface area (Å²) in [5.74, 6) is 2.06. The van der Waals surface area contributed by atoms with Crippen LogP contribution in [0.4, 0.5) is 5.82 Å². The maximum atomic E-state index is 5.02. The highest BCUT2D eigenvalue weighted by Gasteiger charge is 2.21. The number of fused-ring (bicyclic) bond motifs is 1. The van der Waals surface area contributed by atoms with Crippen molar-refractivity contribution in [2.24, 2.45) is 0 Å². The minimum Gasteiger partial charge on any atom is -0.353 e. The average Bonchev–Trinajstić information content (AvgIpc) is 3.11. The Hall–Kier alpha value is -1.98. The number of benzene rings is 1. The summed E-state index contributed by atoms with van der Waals surface area (Å²) in [6.07, 6.45) is 1.84. The van der Waals surface area contributed by atoms with Gasteiger partial charge >= 0.3 is 0 Å². The van der Waals surface area contributed by atoms with Crippen LogP contribution in [-0.4, -0.2) is 47.6 Å². The summed E-state index contributed by atoms with van der Waals surface area (Å²) in [6, 6.07) is 12.8. The molecule has 0 bridgehead atoms. The van der Waals surface area contributed by atoms with E-state index in [9.17, 15) is 0 Å². The Morgan fingerprint density at radius 2 is 1.77 bits per heavy atom. The third kappa shape index (κ3) is 3.60. The number of aromatic nitrogens is 2. The molecule has 0 aliphatic carbocycles. The number of likely N-dealkylation sites (N-methyl/N-ethyl adjacent to an activating group) is 1. The van der Waals surface area contributed by atoms with Crippen LogP contribution < -0.4 is 4.90 Å². The molecule has 0 atom stereocenters. The molecule has 4 nitrogen and oxygen atoms in total. The lowest BCUT2D eigenvalue weighted by Crippen LogP contribution is -2.46. The normalized spacial score (nSPS) is 15.7. The second-order valence-corrected chi connectivity index (χ2v) is 7.95. The van der Waals surface area contributed by atoms with Crippen molar-refractivity contribution in [1.82, 2.24) is 14.9 Å². The van der Waals surface area contributed by atoms with E-state index in [1.807, 2.05) is 11.3 Å². The van der Waals surface area contributed by atoms with Crippen molar-refractivity contribution in [3.05, 3.63) is 52.7 Å². The van der Waals surface area contributed by atoms with Crippen molar-refractivity contribution in [1.29, 1.82) is 0 Å². The molecular formula is C21H26N4S. The fourth-order valence-corrected chi connectivity index (χ4v) is 4.53. The molecule has 1 saturated heterocycles. The number of rotatable bonds is 5. The van der Waals surface area contributed by atoms with Gasteiger partial charge in [-0.1, -0.05) is 44.2 Å². The Morgan fingerprint density at radius 3 is 2.46 bits per heavy atom. The van der Waals surface area contributed by atoms with E-state index in [1.54, 1.807) is 0 Å². The minimum absolute atomic E-state index is 0.790. The van der Waals surface area contributed by atoms with Crippen molar-refractivity contribution >= 4 is 27.4 Å². The second kappa shape index (κ2) is 7.72. The van der Waals surface area contributed by atoms with Gasteiger partial charge in [-0.25, -0.2) is 9.97 Å². The molecule has 0 saturated carbocycles. The monoisotopic (exact) mass is 366 g/mol. The standard InChI is InChI=1S/C21H26N4S/c1-3-17-15-18-20(25-12-10-24(4-2)11-13-25)22-19(23-21(18)26-17)14-16-8-6-5-7-9-16/h5-9,15H,3-4,10-14H2,1-2H3. The Labute approximate surface area is 159 Å². The number of hydrogen-bond acceptors (Lipinski definition) is 5. The van der Waals surface area contributed by atoms with E-state index in [-0.39, 0.29) is 0 Å². The zero-order valence-corrected chi connectivity index (χ0v) is 16.4. The smallest absolute Gasteiger partial charge is 0.141 e. The van der Waals surface area contributed by atoms with Crippen molar-refractivity contribution in [2.75, 3.05) is 37.6 Å². The van der Waals surface area contributed by atoms with Gasteiger partial charge in [-0.2, -0.15) is 0 Å². The lowest BCUT2D eigenvalue weighted by molar-refractivity contribution is 0.270. The molecule has 5 heteroatoms. The van der Waals surface area contributed by atoms with E-state index in [0.717, 1.165) is 62.0 Å². The van der Waals surface area contributed by atoms with Crippen LogP contribution in [-0.2, 0) is 12.8 Å². The molecule has 2 aromatic heterocycles. The van der Waals surface area contributed by atoms with Crippen LogP contribution >= 0.6 is 11.3 Å². The number of hydrogen-bond donors (Lipinski definition) is 0. The highest BCUT2D eigenvalue weighted by molar-refractivity contribution is 7.18. The van der Waals surface area contributed by atoms with Gasteiger partial charge in [0.2, 0.25) is 0 Å². The van der Waals surface area contributed by atoms with Gasteiger partial charge in [0, 0.05) is 37.5 Å². The van der Waals surface area contributed by atoms with Gasteiger partial charge in [0.05, 0.1) is 5.39 Å². The summed E-state index contributed by atoms with van der Waals surface area (Å²) in [4.78, 5) is 17.4. The molecule has 136 valence electrons. The van der Waals surface area contributed by atoms with Gasteiger partial charge in [0.1, 0.15) is 16.5 Å². The van der Waals surface area contributed by atoms with E-state index in [1.165, 1.54) is 15.8 Å². The summed E-state index contributed by atoms with van der Waals surface area (Å²) < 4.78 is 0. The van der Waals surface area contributed by atoms with E-state index in [0.29, 0.717) is 0 Å². The van der Waals surface area contributed by atoms with E-state index in [2.05, 4.69) is 60.0 Å². The SMILES string of the molecule is CCc1cc2c(N3CCN(CC)CC3)nc(Cc3ccccc3)nc2s1. The molecule has 0 N–H and O–H groups in total. The van der Waals surface area contributed by atoms with Crippen LogP contribution in [0.25, 0.3) is 10.2 Å².